The summed E-state index contributed by atoms with van der Waals surface area (Å²) in [4.78, 5) is 7.72. The van der Waals surface area contributed by atoms with E-state index < -0.39 is 23.7 Å². The van der Waals surface area contributed by atoms with Crippen LogP contribution in [0.4, 0.5) is 12.9 Å². The molecule has 0 unspecified atom stereocenters. The molecule has 0 atom stereocenters. The summed E-state index contributed by atoms with van der Waals surface area (Å²) >= 11 is 0. The molecule has 10 rings (SSSR count). The Morgan fingerprint density at radius 1 is 0.475 bits per heavy atom. The summed E-state index contributed by atoms with van der Waals surface area (Å²) in [7, 11) is -0.296. The second-order valence-corrected chi connectivity index (χ2v) is 19.4. The molecule has 61 heavy (non-hydrogen) atoms. The average molecular weight is 875 g/mol. The van der Waals surface area contributed by atoms with Crippen LogP contribution in [0.25, 0.3) is 0 Å². The number of fused-ring (bicyclic) bond motifs is 3. The molecule has 8 nitrogen and oxygen atoms in total. The molecule has 0 saturated carbocycles. The van der Waals surface area contributed by atoms with Crippen molar-refractivity contribution in [1.29, 1.82) is 0 Å². The topological polar surface area (TPSA) is 25.2 Å². The lowest BCUT2D eigenvalue weighted by Crippen LogP contribution is -3.00. The van der Waals surface area contributed by atoms with Gasteiger partial charge in [-0.2, -0.15) is 0 Å². The minimum Gasteiger partial charge on any atom is -1.00 e. The molecule has 1 fully saturated rings. The summed E-state index contributed by atoms with van der Waals surface area (Å²) in [5.41, 5.74) is 0. The van der Waals surface area contributed by atoms with Crippen molar-refractivity contribution in [2.45, 2.75) is 21.3 Å². The second kappa shape index (κ2) is 21.9. The van der Waals surface area contributed by atoms with E-state index in [9.17, 15) is 12.9 Å². The van der Waals surface area contributed by atoms with Gasteiger partial charge in [0.15, 0.2) is 8.07 Å². The van der Waals surface area contributed by atoms with E-state index in [1.54, 1.807) is 0 Å². The summed E-state index contributed by atoms with van der Waals surface area (Å²) in [6.07, 6.45) is 3.50. The zero-order valence-corrected chi connectivity index (χ0v) is 35.7. The van der Waals surface area contributed by atoms with Crippen LogP contribution < -0.4 is 25.9 Å². The van der Waals surface area contributed by atoms with Gasteiger partial charge in [0.2, 0.25) is 0 Å². The molecule has 0 bridgehead atoms. The lowest BCUT2D eigenvalue weighted by molar-refractivity contribution is -0.517. The minimum absolute atomic E-state index is 0. The van der Waals surface area contributed by atoms with Crippen molar-refractivity contribution in [3.63, 3.8) is 0 Å². The van der Waals surface area contributed by atoms with E-state index in [0.29, 0.717) is 0 Å². The Labute approximate surface area is 363 Å². The van der Waals surface area contributed by atoms with Crippen molar-refractivity contribution >= 4 is 62.4 Å². The Bertz CT molecular complexity index is 2070. The van der Waals surface area contributed by atoms with Crippen LogP contribution in [-0.4, -0.2) is 155 Å². The third-order valence-corrected chi connectivity index (χ3v) is 16.6. The number of nitrogens with zero attached hydrogens (tertiary/aromatic N) is 8. The van der Waals surface area contributed by atoms with Crippen molar-refractivity contribution in [1.82, 2.24) is 24.0 Å². The maximum absolute atomic E-state index is 9.67. The molecule has 0 N–H and O–H groups in total. The van der Waals surface area contributed by atoms with Crippen LogP contribution >= 0.6 is 16.1 Å². The lowest BCUT2D eigenvalue weighted by Gasteiger charge is -2.32. The molecule has 4 aromatic rings. The van der Waals surface area contributed by atoms with Gasteiger partial charge in [-0.1, -0.05) is 136 Å². The van der Waals surface area contributed by atoms with Crippen LogP contribution in [0.5, 0.6) is 0 Å². The molecule has 1 saturated heterocycles. The number of amidine groups is 3. The molecule has 6 aliphatic rings. The van der Waals surface area contributed by atoms with E-state index >= 15 is 0 Å². The molecule has 0 aromatic heterocycles. The van der Waals surface area contributed by atoms with Crippen molar-refractivity contribution in [2.75, 3.05) is 92.6 Å². The van der Waals surface area contributed by atoms with Gasteiger partial charge in [0, 0.05) is 34.3 Å². The van der Waals surface area contributed by atoms with E-state index in [2.05, 4.69) is 179 Å². The van der Waals surface area contributed by atoms with Gasteiger partial charge < -0.3 is 14.3 Å². The van der Waals surface area contributed by atoms with Crippen LogP contribution in [-0.2, 0) is 0 Å². The SMILES string of the molecule is C.C.C[N+]1=C2C=C3N(CCN2CC1)CCN3P(c1ccccc1)c1ccccc1.C[N+]1=C2CC3=[N+](CCN2CC1)CCN3P(c1ccccc1)c1ccccc1.FB(F)F.[F-]. The van der Waals surface area contributed by atoms with Gasteiger partial charge in [0.05, 0.1) is 34.8 Å². The molecule has 6 aliphatic heterocycles. The normalized spacial score (nSPS) is 17.7. The third-order valence-electron chi connectivity index (χ3n) is 11.7. The quantitative estimate of drug-likeness (QED) is 0.129. The highest BCUT2D eigenvalue weighted by molar-refractivity contribution is 7.71. The highest BCUT2D eigenvalue weighted by atomic mass is 31.1. The zero-order valence-electron chi connectivity index (χ0n) is 33.9. The fraction of sp³-hybridized carbons (Fsp3) is 0.370. The van der Waals surface area contributed by atoms with Gasteiger partial charge in [-0.3, -0.25) is 36.5 Å². The summed E-state index contributed by atoms with van der Waals surface area (Å²) in [5, 5.41) is 5.73. The van der Waals surface area contributed by atoms with Crippen LogP contribution in [0, 0.1) is 0 Å². The number of hydrogen-bond acceptors (Lipinski definition) is 5. The molecule has 15 heteroatoms. The van der Waals surface area contributed by atoms with Crippen molar-refractivity contribution in [3.05, 3.63) is 133 Å². The van der Waals surface area contributed by atoms with E-state index in [-0.39, 0.29) is 19.6 Å². The Hall–Kier alpha value is -4.73. The van der Waals surface area contributed by atoms with Gasteiger partial charge in [0.1, 0.15) is 71.1 Å². The summed E-state index contributed by atoms with van der Waals surface area (Å²) in [6.45, 7) is 13.7. The van der Waals surface area contributed by atoms with Gasteiger partial charge in [0.25, 0.3) is 17.5 Å². The van der Waals surface area contributed by atoms with Gasteiger partial charge in [-0.15, -0.1) is 0 Å². The number of benzene rings is 4. The number of halogens is 4. The molecule has 0 amide bonds. The highest BCUT2D eigenvalue weighted by Gasteiger charge is 2.45. The fourth-order valence-electron chi connectivity index (χ4n) is 8.80. The Morgan fingerprint density at radius 3 is 1.41 bits per heavy atom. The van der Waals surface area contributed by atoms with Crippen LogP contribution in [0.3, 0.4) is 0 Å². The number of hydrogen-bond donors (Lipinski definition) is 0. The first-order valence-electron chi connectivity index (χ1n) is 20.4. The van der Waals surface area contributed by atoms with Crippen LogP contribution in [0.2, 0.25) is 0 Å². The summed E-state index contributed by atoms with van der Waals surface area (Å²) in [6, 6.07) is 44.3. The summed E-state index contributed by atoms with van der Waals surface area (Å²) in [5.74, 6) is 5.83. The average Bonchev–Trinajstić information content (AvgIpc) is 3.96. The molecule has 324 valence electrons. The third kappa shape index (κ3) is 10.7. The van der Waals surface area contributed by atoms with Crippen molar-refractivity contribution in [3.8, 4) is 0 Å². The monoisotopic (exact) mass is 874 g/mol. The lowest BCUT2D eigenvalue weighted by atomic mass is 10.3. The second-order valence-electron chi connectivity index (χ2n) is 15.1. The van der Waals surface area contributed by atoms with Gasteiger partial charge >= 0.3 is 7.54 Å². The van der Waals surface area contributed by atoms with Gasteiger partial charge in [-0.05, 0) is 0 Å². The molecule has 4 aromatic carbocycles. The molecule has 0 spiro atoms. The highest BCUT2D eigenvalue weighted by Crippen LogP contribution is 2.45. The molecular formula is C46H61BF4N8P2+2. The Balaban J connectivity index is 0.000000203. The maximum Gasteiger partial charge on any atom is 0.762 e. The minimum atomic E-state index is -3.67. The van der Waals surface area contributed by atoms with E-state index in [4.69, 9.17) is 0 Å². The number of rotatable bonds is 6. The largest absolute Gasteiger partial charge is 1.00 e. The number of likely N-dealkylation sites (N-methyl/N-ethyl adjacent to an activating group) is 2. The van der Waals surface area contributed by atoms with E-state index in [0.717, 1.165) is 78.4 Å². The van der Waals surface area contributed by atoms with Crippen LogP contribution in [0.15, 0.2) is 133 Å². The van der Waals surface area contributed by atoms with Crippen LogP contribution in [0.1, 0.15) is 21.3 Å². The summed E-state index contributed by atoms with van der Waals surface area (Å²) < 4.78 is 41.9. The van der Waals surface area contributed by atoms with Crippen molar-refractivity contribution < 1.29 is 31.4 Å². The molecular weight excluding hydrogens is 813 g/mol. The van der Waals surface area contributed by atoms with Crippen molar-refractivity contribution in [2.24, 2.45) is 0 Å². The Morgan fingerprint density at radius 2 is 0.885 bits per heavy atom. The van der Waals surface area contributed by atoms with E-state index in [1.165, 1.54) is 51.1 Å². The Kier molecular flexibility index (Phi) is 17.0. The standard InChI is InChI=1S/C22H27N4P.C22H26N4P.2CH4.BF3.FH/c2*1-23-12-13-24-14-15-25-16-17-26(22(25)18-21(23)24)27(19-8-4-2-5-9-19)20-10-6-3-7-11-20;;;2-1(3)4;/h2-11H,12-18H2,1H3;2-11,18H,12-17H2,1H3;2*1H4;;1H/q+2;+1;;;;/p-1. The predicted molar refractivity (Wildman–Crippen MR) is 249 cm³/mol. The predicted octanol–water partition coefficient (Wildman–Crippen LogP) is 2.54. The first-order valence-corrected chi connectivity index (χ1v) is 22.9. The molecule has 0 radical (unpaired) electrons. The van der Waals surface area contributed by atoms with Gasteiger partial charge in [-0.25, -0.2) is 4.67 Å². The molecule has 6 heterocycles. The maximum atomic E-state index is 9.67. The smallest absolute Gasteiger partial charge is 0.762 e. The van der Waals surface area contributed by atoms with E-state index in [1.807, 2.05) is 0 Å². The first-order chi connectivity index (χ1) is 28.4. The molecule has 0 aliphatic carbocycles. The fourth-order valence-corrected chi connectivity index (χ4v) is 13.7. The zero-order chi connectivity index (χ0) is 40.0. The first kappa shape index (κ1) is 47.3.